The number of hydrogen-bond acceptors (Lipinski definition) is 3. The molecular weight excluding hydrogens is 400 g/mol. The van der Waals surface area contributed by atoms with Crippen LogP contribution in [0.5, 0.6) is 0 Å². The molecule has 0 saturated carbocycles. The third-order valence-electron chi connectivity index (χ3n) is 6.92. The van der Waals surface area contributed by atoms with E-state index in [0.29, 0.717) is 18.9 Å². The van der Waals surface area contributed by atoms with Gasteiger partial charge in [0.15, 0.2) is 0 Å². The fourth-order valence-corrected chi connectivity index (χ4v) is 4.99. The van der Waals surface area contributed by atoms with Crippen LogP contribution in [0.2, 0.25) is 0 Å². The monoisotopic (exact) mass is 430 g/mol. The van der Waals surface area contributed by atoms with Crippen molar-refractivity contribution in [2.45, 2.75) is 45.6 Å². The van der Waals surface area contributed by atoms with Crippen molar-refractivity contribution in [2.24, 2.45) is 5.92 Å². The van der Waals surface area contributed by atoms with Gasteiger partial charge in [-0.05, 0) is 55.5 Å². The fourth-order valence-electron chi connectivity index (χ4n) is 4.99. The van der Waals surface area contributed by atoms with E-state index in [1.54, 1.807) is 0 Å². The number of hydrogen-bond donors (Lipinski definition) is 0. The SMILES string of the molecule is Cc1cccc(N2CC(c3nc4ccccc4n3CC(=O)N3CCC(C)CC3)CC2=O)c1. The third kappa shape index (κ3) is 3.90. The van der Waals surface area contributed by atoms with Crippen LogP contribution in [0.4, 0.5) is 5.69 Å². The molecule has 0 aliphatic carbocycles. The van der Waals surface area contributed by atoms with Crippen LogP contribution in [0.15, 0.2) is 48.5 Å². The third-order valence-corrected chi connectivity index (χ3v) is 6.92. The quantitative estimate of drug-likeness (QED) is 0.626. The Morgan fingerprint density at radius 3 is 2.66 bits per heavy atom. The number of carbonyl (C=O) groups excluding carboxylic acids is 2. The summed E-state index contributed by atoms with van der Waals surface area (Å²) >= 11 is 0. The maximum Gasteiger partial charge on any atom is 0.242 e. The highest BCUT2D eigenvalue weighted by molar-refractivity contribution is 5.96. The molecule has 6 nitrogen and oxygen atoms in total. The number of fused-ring (bicyclic) bond motifs is 1. The Labute approximate surface area is 188 Å². The molecule has 2 aromatic carbocycles. The molecule has 0 spiro atoms. The Kier molecular flexibility index (Phi) is 5.45. The second-order valence-corrected chi connectivity index (χ2v) is 9.35. The summed E-state index contributed by atoms with van der Waals surface area (Å²) in [6.45, 7) is 6.80. The number of para-hydroxylation sites is 2. The Hall–Kier alpha value is -3.15. The molecule has 0 radical (unpaired) electrons. The number of carbonyl (C=O) groups is 2. The van der Waals surface area contributed by atoms with E-state index < -0.39 is 0 Å². The highest BCUT2D eigenvalue weighted by atomic mass is 16.2. The predicted molar refractivity (Wildman–Crippen MR) is 126 cm³/mol. The maximum absolute atomic E-state index is 13.2. The number of aryl methyl sites for hydroxylation is 1. The number of anilines is 1. The Balaban J connectivity index is 1.44. The van der Waals surface area contributed by atoms with Crippen LogP contribution in [0.3, 0.4) is 0 Å². The van der Waals surface area contributed by atoms with Gasteiger partial charge in [-0.1, -0.05) is 31.2 Å². The summed E-state index contributed by atoms with van der Waals surface area (Å²) in [5.74, 6) is 1.73. The van der Waals surface area contributed by atoms with Gasteiger partial charge in [0.1, 0.15) is 12.4 Å². The maximum atomic E-state index is 13.2. The van der Waals surface area contributed by atoms with E-state index >= 15 is 0 Å². The number of piperidine rings is 1. The van der Waals surface area contributed by atoms with Gasteiger partial charge in [-0.25, -0.2) is 4.98 Å². The van der Waals surface area contributed by atoms with Crippen LogP contribution in [-0.2, 0) is 16.1 Å². The van der Waals surface area contributed by atoms with Crippen molar-refractivity contribution in [3.8, 4) is 0 Å². The van der Waals surface area contributed by atoms with Gasteiger partial charge < -0.3 is 14.4 Å². The van der Waals surface area contributed by atoms with Gasteiger partial charge in [0.25, 0.3) is 0 Å². The summed E-state index contributed by atoms with van der Waals surface area (Å²) in [5, 5.41) is 0. The summed E-state index contributed by atoms with van der Waals surface area (Å²) in [7, 11) is 0. The first-order valence-corrected chi connectivity index (χ1v) is 11.6. The average molecular weight is 431 g/mol. The van der Waals surface area contributed by atoms with E-state index in [2.05, 4.69) is 6.92 Å². The van der Waals surface area contributed by atoms with Crippen molar-refractivity contribution in [1.82, 2.24) is 14.5 Å². The lowest BCUT2D eigenvalue weighted by Gasteiger charge is -2.30. The second-order valence-electron chi connectivity index (χ2n) is 9.35. The molecule has 6 heteroatoms. The van der Waals surface area contributed by atoms with Crippen molar-refractivity contribution in [1.29, 1.82) is 0 Å². The molecule has 2 aliphatic rings. The molecule has 2 aliphatic heterocycles. The zero-order chi connectivity index (χ0) is 22.2. The molecule has 1 aromatic heterocycles. The first-order chi connectivity index (χ1) is 15.5. The highest BCUT2D eigenvalue weighted by Crippen LogP contribution is 2.33. The zero-order valence-corrected chi connectivity index (χ0v) is 18.8. The lowest BCUT2D eigenvalue weighted by atomic mass is 9.99. The normalized spacial score (nSPS) is 19.8. The van der Waals surface area contributed by atoms with E-state index in [4.69, 9.17) is 4.98 Å². The summed E-state index contributed by atoms with van der Waals surface area (Å²) in [6.07, 6.45) is 2.53. The van der Waals surface area contributed by atoms with Crippen LogP contribution in [-0.4, -0.2) is 45.9 Å². The van der Waals surface area contributed by atoms with Crippen molar-refractivity contribution in [3.63, 3.8) is 0 Å². The topological polar surface area (TPSA) is 58.4 Å². The first-order valence-electron chi connectivity index (χ1n) is 11.6. The van der Waals surface area contributed by atoms with Crippen molar-refractivity contribution < 1.29 is 9.59 Å². The van der Waals surface area contributed by atoms with Crippen molar-refractivity contribution in [3.05, 3.63) is 59.9 Å². The number of imidazole rings is 1. The Morgan fingerprint density at radius 1 is 1.09 bits per heavy atom. The van der Waals surface area contributed by atoms with Crippen molar-refractivity contribution >= 4 is 28.5 Å². The van der Waals surface area contributed by atoms with Gasteiger partial charge in [0.05, 0.1) is 11.0 Å². The molecule has 166 valence electrons. The molecule has 1 unspecified atom stereocenters. The summed E-state index contributed by atoms with van der Waals surface area (Å²) in [6, 6.07) is 16.0. The lowest BCUT2D eigenvalue weighted by Crippen LogP contribution is -2.40. The van der Waals surface area contributed by atoms with Gasteiger partial charge in [0.2, 0.25) is 11.8 Å². The molecule has 1 atom stereocenters. The van der Waals surface area contributed by atoms with Crippen LogP contribution in [0.1, 0.15) is 43.5 Å². The van der Waals surface area contributed by atoms with Gasteiger partial charge in [-0.2, -0.15) is 0 Å². The highest BCUT2D eigenvalue weighted by Gasteiger charge is 2.35. The molecule has 2 saturated heterocycles. The molecule has 5 rings (SSSR count). The summed E-state index contributed by atoms with van der Waals surface area (Å²) < 4.78 is 2.05. The number of amides is 2. The van der Waals surface area contributed by atoms with Crippen LogP contribution < -0.4 is 4.90 Å². The molecule has 3 aromatic rings. The molecular formula is C26H30N4O2. The molecule has 0 N–H and O–H groups in total. The minimum atomic E-state index is -0.0374. The lowest BCUT2D eigenvalue weighted by molar-refractivity contribution is -0.133. The number of likely N-dealkylation sites (tertiary alicyclic amines) is 1. The van der Waals surface area contributed by atoms with Crippen LogP contribution >= 0.6 is 0 Å². The van der Waals surface area contributed by atoms with Gasteiger partial charge in [0, 0.05) is 37.7 Å². The standard InChI is InChI=1S/C26H30N4O2/c1-18-10-12-28(13-11-18)25(32)17-30-23-9-4-3-8-22(23)27-26(30)20-15-24(31)29(16-20)21-7-5-6-19(2)14-21/h3-9,14,18,20H,10-13,15-17H2,1-2H3. The predicted octanol–water partition coefficient (Wildman–Crippen LogP) is 4.12. The first kappa shape index (κ1) is 20.7. The molecule has 3 heterocycles. The van der Waals surface area contributed by atoms with Crippen LogP contribution in [0.25, 0.3) is 11.0 Å². The van der Waals surface area contributed by atoms with E-state index in [1.165, 1.54) is 0 Å². The zero-order valence-electron chi connectivity index (χ0n) is 18.8. The van der Waals surface area contributed by atoms with Gasteiger partial charge >= 0.3 is 0 Å². The van der Waals surface area contributed by atoms with E-state index in [-0.39, 0.29) is 24.3 Å². The molecule has 2 amide bonds. The summed E-state index contributed by atoms with van der Waals surface area (Å²) in [5.41, 5.74) is 3.90. The van der Waals surface area contributed by atoms with Crippen molar-refractivity contribution in [2.75, 3.05) is 24.5 Å². The number of nitrogens with zero attached hydrogens (tertiary/aromatic N) is 4. The average Bonchev–Trinajstić information content (AvgIpc) is 3.35. The molecule has 2 fully saturated rings. The van der Waals surface area contributed by atoms with E-state index in [0.717, 1.165) is 54.0 Å². The van der Waals surface area contributed by atoms with E-state index in [9.17, 15) is 9.59 Å². The van der Waals surface area contributed by atoms with E-state index in [1.807, 2.05) is 69.8 Å². The summed E-state index contributed by atoms with van der Waals surface area (Å²) in [4.78, 5) is 34.8. The number of benzene rings is 2. The minimum Gasteiger partial charge on any atom is -0.341 e. The number of aromatic nitrogens is 2. The number of rotatable bonds is 4. The fraction of sp³-hybridized carbons (Fsp3) is 0.423. The Morgan fingerprint density at radius 2 is 1.88 bits per heavy atom. The molecule has 32 heavy (non-hydrogen) atoms. The molecule has 0 bridgehead atoms. The van der Waals surface area contributed by atoms with Crippen LogP contribution in [0, 0.1) is 12.8 Å². The van der Waals surface area contributed by atoms with Gasteiger partial charge in [-0.3, -0.25) is 9.59 Å². The largest absolute Gasteiger partial charge is 0.341 e. The minimum absolute atomic E-state index is 0.0374. The van der Waals surface area contributed by atoms with Gasteiger partial charge in [-0.15, -0.1) is 0 Å². The Bertz CT molecular complexity index is 1160. The second kappa shape index (κ2) is 8.41. The smallest absolute Gasteiger partial charge is 0.242 e.